The fraction of sp³-hybridized carbons (Fsp3) is 0.568. The number of methoxy groups -OCH3 is 1. The molecule has 1 aliphatic heterocycles. The van der Waals surface area contributed by atoms with Gasteiger partial charge in [0.2, 0.25) is 0 Å². The molecule has 44 heavy (non-hydrogen) atoms. The zero-order valence-corrected chi connectivity index (χ0v) is 25.8. The number of rotatable bonds is 11. The van der Waals surface area contributed by atoms with Crippen LogP contribution in [0.1, 0.15) is 80.4 Å². The number of piperidine rings is 1. The average molecular weight is 602 g/mol. The van der Waals surface area contributed by atoms with Gasteiger partial charge in [-0.15, -0.1) is 0 Å². The van der Waals surface area contributed by atoms with Gasteiger partial charge in [-0.1, -0.05) is 55.0 Å². The van der Waals surface area contributed by atoms with Crippen LogP contribution in [-0.2, 0) is 22.4 Å². The summed E-state index contributed by atoms with van der Waals surface area (Å²) in [6.45, 7) is 0.830. The maximum Gasteiger partial charge on any atom is 0.160 e. The molecule has 2 aliphatic carbocycles. The fourth-order valence-corrected chi connectivity index (χ4v) is 7.52. The van der Waals surface area contributed by atoms with E-state index in [-0.39, 0.29) is 30.5 Å². The number of carbonyl (C=O) groups is 2. The predicted molar refractivity (Wildman–Crippen MR) is 169 cm³/mol. The number of unbranched alkanes of at least 4 members (excludes halogenated alkanes) is 1. The highest BCUT2D eigenvalue weighted by atomic mass is 16.5. The second kappa shape index (κ2) is 15.2. The summed E-state index contributed by atoms with van der Waals surface area (Å²) in [7, 11) is 1.50. The third-order valence-corrected chi connectivity index (χ3v) is 10.1. The third-order valence-electron chi connectivity index (χ3n) is 10.1. The van der Waals surface area contributed by atoms with Crippen molar-refractivity contribution in [2.75, 3.05) is 20.3 Å². The molecule has 7 atom stereocenters. The van der Waals surface area contributed by atoms with Crippen LogP contribution in [-0.4, -0.2) is 59.3 Å². The molecule has 0 aromatic heterocycles. The summed E-state index contributed by atoms with van der Waals surface area (Å²) >= 11 is 0. The number of nitrogens with one attached hydrogen (secondary N) is 1. The molecule has 0 amide bonds. The molecule has 1 saturated carbocycles. The van der Waals surface area contributed by atoms with Gasteiger partial charge in [0.15, 0.2) is 17.3 Å². The molecule has 2 aromatic carbocycles. The quantitative estimate of drug-likeness (QED) is 0.217. The Bertz CT molecular complexity index is 1350. The van der Waals surface area contributed by atoms with Crippen LogP contribution in [0.3, 0.4) is 0 Å². The second-order valence-electron chi connectivity index (χ2n) is 13.1. The minimum absolute atomic E-state index is 0.00253. The Morgan fingerprint density at radius 3 is 2.61 bits per heavy atom. The van der Waals surface area contributed by atoms with E-state index in [1.807, 2.05) is 30.3 Å². The summed E-state index contributed by atoms with van der Waals surface area (Å²) in [5.74, 6) is 6.78. The Labute approximate surface area is 261 Å². The molecule has 3 aliphatic rings. The van der Waals surface area contributed by atoms with Crippen LogP contribution in [0.15, 0.2) is 42.5 Å². The van der Waals surface area contributed by atoms with Crippen molar-refractivity contribution in [2.24, 2.45) is 23.7 Å². The normalized spacial score (nSPS) is 26.6. The molecule has 7 unspecified atom stereocenters. The molecule has 0 spiro atoms. The minimum Gasteiger partial charge on any atom is -0.504 e. The SMILES string of the molecule is COc1cc2c(cc1O)C(C(CO)Cc1ccccc1)C#CC(C(O)CCCCC1CNC3CC(=O)CCC3C1)C(=O)CC2. The highest BCUT2D eigenvalue weighted by molar-refractivity contribution is 5.85. The number of hydrogen-bond acceptors (Lipinski definition) is 7. The van der Waals surface area contributed by atoms with Crippen molar-refractivity contribution in [1.29, 1.82) is 0 Å². The molecule has 0 radical (unpaired) electrons. The molecule has 236 valence electrons. The van der Waals surface area contributed by atoms with Crippen molar-refractivity contribution in [3.63, 3.8) is 0 Å². The van der Waals surface area contributed by atoms with Crippen LogP contribution >= 0.6 is 0 Å². The Kier molecular flexibility index (Phi) is 11.1. The van der Waals surface area contributed by atoms with E-state index >= 15 is 0 Å². The summed E-state index contributed by atoms with van der Waals surface area (Å²) in [5, 5.41) is 36.1. The van der Waals surface area contributed by atoms with E-state index in [0.717, 1.165) is 55.3 Å². The van der Waals surface area contributed by atoms with Crippen molar-refractivity contribution < 1.29 is 29.6 Å². The summed E-state index contributed by atoms with van der Waals surface area (Å²) in [4.78, 5) is 25.2. The van der Waals surface area contributed by atoms with Gasteiger partial charge in [0.05, 0.1) is 19.1 Å². The van der Waals surface area contributed by atoms with Gasteiger partial charge in [-0.05, 0) is 85.7 Å². The number of benzene rings is 2. The summed E-state index contributed by atoms with van der Waals surface area (Å²) < 4.78 is 5.37. The van der Waals surface area contributed by atoms with Gasteiger partial charge in [-0.3, -0.25) is 9.59 Å². The van der Waals surface area contributed by atoms with E-state index in [1.165, 1.54) is 7.11 Å². The van der Waals surface area contributed by atoms with Gasteiger partial charge in [0.25, 0.3) is 0 Å². The topological polar surface area (TPSA) is 116 Å². The molecular weight excluding hydrogens is 554 g/mol. The maximum atomic E-state index is 13.4. The Morgan fingerprint density at radius 2 is 1.84 bits per heavy atom. The van der Waals surface area contributed by atoms with Crippen LogP contribution < -0.4 is 10.1 Å². The van der Waals surface area contributed by atoms with Crippen molar-refractivity contribution in [1.82, 2.24) is 5.32 Å². The molecule has 7 nitrogen and oxygen atoms in total. The molecule has 0 bridgehead atoms. The number of ether oxygens (including phenoxy) is 1. The van der Waals surface area contributed by atoms with Crippen LogP contribution in [0.25, 0.3) is 0 Å². The van der Waals surface area contributed by atoms with Crippen LogP contribution in [0, 0.1) is 35.5 Å². The monoisotopic (exact) mass is 601 g/mol. The number of ketones is 2. The van der Waals surface area contributed by atoms with Crippen LogP contribution in [0.2, 0.25) is 0 Å². The van der Waals surface area contributed by atoms with Crippen molar-refractivity contribution in [2.45, 2.75) is 88.7 Å². The first-order valence-electron chi connectivity index (χ1n) is 16.4. The Balaban J connectivity index is 1.27. The van der Waals surface area contributed by atoms with Gasteiger partial charge in [0, 0.05) is 37.8 Å². The van der Waals surface area contributed by atoms with Gasteiger partial charge < -0.3 is 25.4 Å². The van der Waals surface area contributed by atoms with E-state index in [0.29, 0.717) is 61.5 Å². The predicted octanol–water partition coefficient (Wildman–Crippen LogP) is 4.74. The molecular formula is C37H47NO6. The molecule has 4 N–H and O–H groups in total. The fourth-order valence-electron chi connectivity index (χ4n) is 7.52. The van der Waals surface area contributed by atoms with Crippen LogP contribution in [0.5, 0.6) is 11.5 Å². The number of hydrogen-bond donors (Lipinski definition) is 4. The molecule has 1 saturated heterocycles. The van der Waals surface area contributed by atoms with E-state index in [9.17, 15) is 24.9 Å². The lowest BCUT2D eigenvalue weighted by Crippen LogP contribution is -2.48. The first-order chi connectivity index (χ1) is 21.4. The number of phenols is 1. The number of aliphatic hydroxyl groups is 2. The van der Waals surface area contributed by atoms with Gasteiger partial charge in [-0.25, -0.2) is 0 Å². The van der Waals surface area contributed by atoms with E-state index < -0.39 is 17.9 Å². The largest absolute Gasteiger partial charge is 0.504 e. The number of carbonyl (C=O) groups excluding carboxylic acids is 2. The number of aromatic hydroxyl groups is 1. The van der Waals surface area contributed by atoms with Gasteiger partial charge in [-0.2, -0.15) is 0 Å². The van der Waals surface area contributed by atoms with Gasteiger partial charge >= 0.3 is 0 Å². The molecule has 1 heterocycles. The maximum absolute atomic E-state index is 13.4. The molecule has 7 heteroatoms. The third kappa shape index (κ3) is 7.90. The number of phenolic OH excluding ortho intramolecular Hbond substituents is 1. The van der Waals surface area contributed by atoms with E-state index in [4.69, 9.17) is 4.74 Å². The Morgan fingerprint density at radius 1 is 1.05 bits per heavy atom. The second-order valence-corrected chi connectivity index (χ2v) is 13.1. The zero-order chi connectivity index (χ0) is 31.1. The van der Waals surface area contributed by atoms with Gasteiger partial charge in [0.1, 0.15) is 11.7 Å². The zero-order valence-electron chi connectivity index (χ0n) is 25.8. The van der Waals surface area contributed by atoms with Crippen molar-refractivity contribution in [3.05, 3.63) is 59.2 Å². The average Bonchev–Trinajstić information content (AvgIpc) is 3.10. The van der Waals surface area contributed by atoms with Crippen molar-refractivity contribution in [3.8, 4) is 23.3 Å². The lowest BCUT2D eigenvalue weighted by atomic mass is 9.74. The summed E-state index contributed by atoms with van der Waals surface area (Å²) in [5.41, 5.74) is 2.72. The Hall–Kier alpha value is -3.18. The number of Topliss-reactive ketones (excluding diaryl/α,β-unsaturated/α-hetero) is 2. The molecule has 5 rings (SSSR count). The summed E-state index contributed by atoms with van der Waals surface area (Å²) in [6.07, 6.45) is 7.29. The first-order valence-corrected chi connectivity index (χ1v) is 16.4. The van der Waals surface area contributed by atoms with Crippen molar-refractivity contribution >= 4 is 11.6 Å². The van der Waals surface area contributed by atoms with E-state index in [2.05, 4.69) is 17.2 Å². The highest BCUT2D eigenvalue weighted by Crippen LogP contribution is 2.38. The van der Waals surface area contributed by atoms with Crippen LogP contribution in [0.4, 0.5) is 0 Å². The summed E-state index contributed by atoms with van der Waals surface area (Å²) in [6, 6.07) is 13.7. The molecule has 2 fully saturated rings. The number of fused-ring (bicyclic) bond motifs is 2. The lowest BCUT2D eigenvalue weighted by Gasteiger charge is -2.39. The van der Waals surface area contributed by atoms with E-state index in [1.54, 1.807) is 12.1 Å². The number of aryl methyl sites for hydroxylation is 1. The standard InChI is InChI=1S/C37H47NO6/c1-44-37-19-26-12-16-35(42)31(34(41)10-6-5-9-25-18-27-11-13-29(40)20-33(27)38-22-25)15-14-30(32(26)21-36(37)43)28(23-39)17-24-7-3-2-4-8-24/h2-4,7-8,19,21,25,27-28,30-31,33-34,38-39,41,43H,5-6,9-13,16-18,20,22-23H2,1H3. The first kappa shape index (κ1) is 32.2. The number of aliphatic hydroxyl groups excluding tert-OH is 2. The smallest absolute Gasteiger partial charge is 0.160 e. The lowest BCUT2D eigenvalue weighted by molar-refractivity contribution is -0.124. The molecule has 2 aromatic rings. The minimum atomic E-state index is -0.861. The highest BCUT2D eigenvalue weighted by Gasteiger charge is 2.35.